The molecule has 2 saturated heterocycles. The Morgan fingerprint density at radius 1 is 1.18 bits per heavy atom. The number of aromatic nitrogens is 3. The largest absolute Gasteiger partial charge is 0.496 e. The first-order chi connectivity index (χ1) is 16.2. The summed E-state index contributed by atoms with van der Waals surface area (Å²) in [7, 11) is 1.60. The molecule has 8 nitrogen and oxygen atoms in total. The Labute approximate surface area is 192 Å². The molecule has 5 rings (SSSR count). The van der Waals surface area contributed by atoms with E-state index in [9.17, 15) is 4.39 Å². The van der Waals surface area contributed by atoms with Crippen LogP contribution in [0.4, 0.5) is 21.8 Å². The highest BCUT2D eigenvalue weighted by Crippen LogP contribution is 2.34. The summed E-state index contributed by atoms with van der Waals surface area (Å²) in [5.41, 5.74) is 1.47. The van der Waals surface area contributed by atoms with E-state index < -0.39 is 5.82 Å². The van der Waals surface area contributed by atoms with E-state index in [2.05, 4.69) is 30.5 Å². The number of methoxy groups -OCH3 is 1. The second-order valence-electron chi connectivity index (χ2n) is 8.68. The molecule has 0 radical (unpaired) electrons. The van der Waals surface area contributed by atoms with Gasteiger partial charge in [0.2, 0.25) is 5.95 Å². The maximum Gasteiger partial charge on any atom is 0.229 e. The lowest BCUT2D eigenvalue weighted by Crippen LogP contribution is -2.49. The minimum Gasteiger partial charge on any atom is -0.496 e. The maximum absolute atomic E-state index is 14.5. The zero-order valence-electron chi connectivity index (χ0n) is 18.8. The first kappa shape index (κ1) is 21.6. The van der Waals surface area contributed by atoms with E-state index >= 15 is 0 Å². The Morgan fingerprint density at radius 2 is 2.09 bits per heavy atom. The number of piperidine rings is 2. The van der Waals surface area contributed by atoms with Crippen LogP contribution in [0.1, 0.15) is 32.1 Å². The zero-order valence-corrected chi connectivity index (χ0v) is 18.8. The van der Waals surface area contributed by atoms with Gasteiger partial charge < -0.3 is 24.7 Å². The van der Waals surface area contributed by atoms with Crippen LogP contribution in [0.3, 0.4) is 0 Å². The third-order valence-electron chi connectivity index (χ3n) is 6.66. The molecule has 3 aromatic rings. The van der Waals surface area contributed by atoms with Gasteiger partial charge >= 0.3 is 0 Å². The Kier molecular flexibility index (Phi) is 6.39. The second kappa shape index (κ2) is 9.74. The highest BCUT2D eigenvalue weighted by Gasteiger charge is 2.32. The molecule has 33 heavy (non-hydrogen) atoms. The molecule has 0 amide bonds. The molecule has 2 aliphatic heterocycles. The van der Waals surface area contributed by atoms with E-state index in [1.165, 1.54) is 57.8 Å². The summed E-state index contributed by atoms with van der Waals surface area (Å²) in [6.45, 7) is 3.09. The number of hydrogen-bond acceptors (Lipinski definition) is 8. The maximum atomic E-state index is 14.5. The van der Waals surface area contributed by atoms with Crippen molar-refractivity contribution in [2.24, 2.45) is 5.92 Å². The van der Waals surface area contributed by atoms with Crippen LogP contribution in [-0.4, -0.2) is 52.6 Å². The minimum atomic E-state index is -0.450. The van der Waals surface area contributed by atoms with Gasteiger partial charge in [-0.05, 0) is 62.9 Å². The molecule has 2 fully saturated rings. The smallest absolute Gasteiger partial charge is 0.229 e. The molecule has 0 spiro atoms. The number of anilines is 3. The molecule has 9 heteroatoms. The minimum absolute atomic E-state index is 0.226. The summed E-state index contributed by atoms with van der Waals surface area (Å²) in [6, 6.07) is 6.12. The van der Waals surface area contributed by atoms with E-state index in [0.29, 0.717) is 36.0 Å². The van der Waals surface area contributed by atoms with Gasteiger partial charge in [0.25, 0.3) is 0 Å². The van der Waals surface area contributed by atoms with Gasteiger partial charge in [-0.25, -0.2) is 14.4 Å². The summed E-state index contributed by atoms with van der Waals surface area (Å²) < 4.78 is 25.3. The summed E-state index contributed by atoms with van der Waals surface area (Å²) in [5, 5.41) is 6.41. The van der Waals surface area contributed by atoms with Gasteiger partial charge in [0, 0.05) is 18.3 Å². The van der Waals surface area contributed by atoms with Crippen molar-refractivity contribution in [1.82, 2.24) is 19.9 Å². The molecule has 2 unspecified atom stereocenters. The fourth-order valence-electron chi connectivity index (χ4n) is 5.05. The Morgan fingerprint density at radius 3 is 2.94 bits per heavy atom. The van der Waals surface area contributed by atoms with Crippen LogP contribution in [0.15, 0.2) is 41.4 Å². The molecular weight excluding hydrogens is 423 g/mol. The zero-order chi connectivity index (χ0) is 22.6. The first-order valence-electron chi connectivity index (χ1n) is 11.6. The molecule has 0 saturated carbocycles. The van der Waals surface area contributed by atoms with Crippen molar-refractivity contribution in [3.8, 4) is 17.1 Å². The van der Waals surface area contributed by atoms with Crippen molar-refractivity contribution < 1.29 is 13.5 Å². The monoisotopic (exact) mass is 452 g/mol. The summed E-state index contributed by atoms with van der Waals surface area (Å²) in [4.78, 5) is 15.1. The first-order valence-corrected chi connectivity index (χ1v) is 11.6. The molecule has 0 bridgehead atoms. The quantitative estimate of drug-likeness (QED) is 0.533. The lowest BCUT2D eigenvalue weighted by molar-refractivity contribution is 0.0648. The van der Waals surface area contributed by atoms with Crippen LogP contribution in [0, 0.1) is 11.7 Å². The number of hydrogen-bond donors (Lipinski definition) is 2. The molecule has 2 atom stereocenters. The van der Waals surface area contributed by atoms with Gasteiger partial charge in [-0.1, -0.05) is 6.42 Å². The van der Waals surface area contributed by atoms with Crippen molar-refractivity contribution in [3.63, 3.8) is 0 Å². The van der Waals surface area contributed by atoms with Crippen molar-refractivity contribution in [1.29, 1.82) is 0 Å². The molecule has 0 aliphatic carbocycles. The van der Waals surface area contributed by atoms with Crippen LogP contribution in [0.2, 0.25) is 0 Å². The number of rotatable bonds is 7. The third-order valence-corrected chi connectivity index (χ3v) is 6.66. The number of fused-ring (bicyclic) bond motifs is 1. The highest BCUT2D eigenvalue weighted by atomic mass is 19.1. The van der Waals surface area contributed by atoms with Crippen LogP contribution in [-0.2, 0) is 0 Å². The SMILES string of the molecule is COc1ccc(Nc2ncc(F)c(NCC3CCCN4CCCCC34)n2)cc1-c1cnco1. The van der Waals surface area contributed by atoms with Gasteiger partial charge in [0.05, 0.1) is 25.1 Å². The van der Waals surface area contributed by atoms with Crippen molar-refractivity contribution >= 4 is 17.5 Å². The van der Waals surface area contributed by atoms with Gasteiger partial charge in [0.15, 0.2) is 23.8 Å². The third kappa shape index (κ3) is 4.78. The average molecular weight is 453 g/mol. The molecule has 2 N–H and O–H groups in total. The van der Waals surface area contributed by atoms with Crippen molar-refractivity contribution in [2.45, 2.75) is 38.1 Å². The van der Waals surface area contributed by atoms with Gasteiger partial charge in [-0.2, -0.15) is 4.98 Å². The predicted octanol–water partition coefficient (Wildman–Crippen LogP) is 4.70. The van der Waals surface area contributed by atoms with E-state index in [4.69, 9.17) is 9.15 Å². The van der Waals surface area contributed by atoms with Gasteiger partial charge in [0.1, 0.15) is 5.75 Å². The number of nitrogens with one attached hydrogen (secondary N) is 2. The predicted molar refractivity (Wildman–Crippen MR) is 124 cm³/mol. The standard InChI is InChI=1S/C24H29FN6O2/c1-32-21-8-7-17(11-18(21)22-14-26-15-33-22)29-24-28-13-19(25)23(30-24)27-12-16-5-4-10-31-9-3-2-6-20(16)31/h7-8,11,13-16,20H,2-6,9-10,12H2,1H3,(H2,27,28,29,30). The van der Waals surface area contributed by atoms with Crippen LogP contribution >= 0.6 is 0 Å². The van der Waals surface area contributed by atoms with Crippen LogP contribution in [0.5, 0.6) is 5.75 Å². The highest BCUT2D eigenvalue weighted by molar-refractivity contribution is 5.72. The van der Waals surface area contributed by atoms with Crippen LogP contribution in [0.25, 0.3) is 11.3 Å². The topological polar surface area (TPSA) is 88.3 Å². The molecule has 2 aliphatic rings. The number of halogens is 1. The molecule has 4 heterocycles. The summed E-state index contributed by atoms with van der Waals surface area (Å²) in [6.07, 6.45) is 10.4. The lowest BCUT2D eigenvalue weighted by Gasteiger charge is -2.44. The number of oxazole rings is 1. The van der Waals surface area contributed by atoms with E-state index in [-0.39, 0.29) is 5.82 Å². The Hall–Kier alpha value is -3.20. The number of nitrogens with zero attached hydrogens (tertiary/aromatic N) is 4. The Balaban J connectivity index is 1.29. The van der Waals surface area contributed by atoms with E-state index in [0.717, 1.165) is 11.3 Å². The molecule has 2 aromatic heterocycles. The van der Waals surface area contributed by atoms with Crippen molar-refractivity contribution in [2.75, 3.05) is 37.4 Å². The van der Waals surface area contributed by atoms with Gasteiger partial charge in [-0.3, -0.25) is 0 Å². The summed E-state index contributed by atoms with van der Waals surface area (Å²) >= 11 is 0. The molecular formula is C24H29FN6O2. The molecule has 1 aromatic carbocycles. The van der Waals surface area contributed by atoms with Crippen LogP contribution < -0.4 is 15.4 Å². The normalized spacial score (nSPS) is 20.8. The summed E-state index contributed by atoms with van der Waals surface area (Å²) in [5.74, 6) is 1.84. The van der Waals surface area contributed by atoms with Gasteiger partial charge in [-0.15, -0.1) is 0 Å². The molecule has 174 valence electrons. The lowest BCUT2D eigenvalue weighted by atomic mass is 9.83. The number of ether oxygens (including phenoxy) is 1. The average Bonchev–Trinajstić information content (AvgIpc) is 3.39. The van der Waals surface area contributed by atoms with E-state index in [1.54, 1.807) is 13.3 Å². The van der Waals surface area contributed by atoms with E-state index in [1.807, 2.05) is 18.2 Å². The fourth-order valence-corrected chi connectivity index (χ4v) is 5.05. The number of benzene rings is 1. The second-order valence-corrected chi connectivity index (χ2v) is 8.68. The Bertz CT molecular complexity index is 1070. The fraction of sp³-hybridized carbons (Fsp3) is 0.458. The van der Waals surface area contributed by atoms with Crippen molar-refractivity contribution in [3.05, 3.63) is 42.8 Å².